The van der Waals surface area contributed by atoms with E-state index in [9.17, 15) is 8.42 Å². The van der Waals surface area contributed by atoms with Crippen molar-refractivity contribution in [2.45, 2.75) is 10.2 Å². The van der Waals surface area contributed by atoms with Gasteiger partial charge in [0.05, 0.1) is 0 Å². The lowest BCUT2D eigenvalue weighted by Gasteiger charge is -2.01. The second-order valence-corrected chi connectivity index (χ2v) is 5.50. The molecule has 3 aromatic heterocycles. The van der Waals surface area contributed by atoms with Crippen molar-refractivity contribution in [3.63, 3.8) is 0 Å². The Morgan fingerprint density at radius 1 is 1.00 bits per heavy atom. The van der Waals surface area contributed by atoms with Crippen LogP contribution in [0.4, 0.5) is 5.82 Å². The number of nitrogen functional groups attached to an aromatic ring is 1. The third-order valence-electron chi connectivity index (χ3n) is 2.46. The lowest BCUT2D eigenvalue weighted by Crippen LogP contribution is -2.10. The van der Waals surface area contributed by atoms with Crippen molar-refractivity contribution in [1.82, 2.24) is 24.8 Å². The molecule has 0 saturated heterocycles. The quantitative estimate of drug-likeness (QED) is 0.696. The minimum absolute atomic E-state index is 0.144. The number of sulfone groups is 1. The molecule has 3 heterocycles. The third kappa shape index (κ3) is 1.80. The zero-order valence-electron chi connectivity index (χ0n) is 9.50. The Labute approximate surface area is 107 Å². The van der Waals surface area contributed by atoms with Gasteiger partial charge in [-0.25, -0.2) is 8.42 Å². The maximum Gasteiger partial charge on any atom is 0.261 e. The number of nitrogens with two attached hydrogens (primary N) is 1. The molecule has 0 radical (unpaired) electrons. The molecule has 0 aliphatic carbocycles. The van der Waals surface area contributed by atoms with Crippen molar-refractivity contribution >= 4 is 21.3 Å². The summed E-state index contributed by atoms with van der Waals surface area (Å²) in [5.74, 6) is 0.144. The summed E-state index contributed by atoms with van der Waals surface area (Å²) >= 11 is 0. The third-order valence-corrected chi connectivity index (χ3v) is 3.99. The molecule has 0 spiro atoms. The van der Waals surface area contributed by atoms with E-state index in [1.54, 1.807) is 24.4 Å². The van der Waals surface area contributed by atoms with Gasteiger partial charge in [0.1, 0.15) is 5.82 Å². The monoisotopic (exact) mass is 276 g/mol. The Kier molecular flexibility index (Phi) is 2.42. The van der Waals surface area contributed by atoms with Gasteiger partial charge in [-0.1, -0.05) is 6.07 Å². The molecule has 0 fully saturated rings. The minimum atomic E-state index is -3.88. The molecule has 0 saturated carbocycles. The predicted molar refractivity (Wildman–Crippen MR) is 64.9 cm³/mol. The van der Waals surface area contributed by atoms with E-state index in [0.717, 1.165) is 0 Å². The first-order valence-corrected chi connectivity index (χ1v) is 6.71. The van der Waals surface area contributed by atoms with Crippen molar-refractivity contribution in [3.8, 4) is 0 Å². The second kappa shape index (κ2) is 3.99. The van der Waals surface area contributed by atoms with Crippen LogP contribution in [0.1, 0.15) is 0 Å². The smallest absolute Gasteiger partial charge is 0.261 e. The van der Waals surface area contributed by atoms with Gasteiger partial charge < -0.3 is 5.73 Å². The van der Waals surface area contributed by atoms with Crippen LogP contribution in [0.5, 0.6) is 0 Å². The molecule has 0 unspecified atom stereocenters. The van der Waals surface area contributed by atoms with Crippen LogP contribution in [0.3, 0.4) is 0 Å². The second-order valence-electron chi connectivity index (χ2n) is 3.71. The van der Waals surface area contributed by atoms with E-state index in [0.29, 0.717) is 5.65 Å². The van der Waals surface area contributed by atoms with Crippen LogP contribution in [-0.2, 0) is 9.84 Å². The van der Waals surface area contributed by atoms with Crippen LogP contribution >= 0.6 is 0 Å². The highest BCUT2D eigenvalue weighted by Crippen LogP contribution is 2.17. The van der Waals surface area contributed by atoms with Crippen molar-refractivity contribution in [3.05, 3.63) is 36.5 Å². The summed E-state index contributed by atoms with van der Waals surface area (Å²) in [6, 6.07) is 7.72. The SMILES string of the molecule is Nc1ccc(S(=O)(=O)c2nnc3ccccn23)nn1. The van der Waals surface area contributed by atoms with E-state index >= 15 is 0 Å². The highest BCUT2D eigenvalue weighted by Gasteiger charge is 2.25. The summed E-state index contributed by atoms with van der Waals surface area (Å²) in [5.41, 5.74) is 5.81. The lowest BCUT2D eigenvalue weighted by molar-refractivity contribution is 0.579. The van der Waals surface area contributed by atoms with Gasteiger partial charge >= 0.3 is 0 Å². The van der Waals surface area contributed by atoms with Crippen molar-refractivity contribution in [2.75, 3.05) is 5.73 Å². The van der Waals surface area contributed by atoms with Gasteiger partial charge in [-0.2, -0.15) is 0 Å². The number of hydrogen-bond acceptors (Lipinski definition) is 7. The van der Waals surface area contributed by atoms with E-state index in [1.165, 1.54) is 16.5 Å². The fourth-order valence-electron chi connectivity index (χ4n) is 1.57. The van der Waals surface area contributed by atoms with E-state index in [2.05, 4.69) is 20.4 Å². The minimum Gasteiger partial charge on any atom is -0.382 e. The standard InChI is InChI=1S/C10H8N6O2S/c11-7-4-5-9(14-12-7)19(17,18)10-15-13-8-3-1-2-6-16(8)10/h1-6H,(H2,11,12). The molecule has 0 aliphatic heterocycles. The number of aromatic nitrogens is 5. The average molecular weight is 276 g/mol. The fraction of sp³-hybridized carbons (Fsp3) is 0. The van der Waals surface area contributed by atoms with Crippen LogP contribution in [0, 0.1) is 0 Å². The lowest BCUT2D eigenvalue weighted by atomic mass is 10.5. The van der Waals surface area contributed by atoms with E-state index in [1.807, 2.05) is 0 Å². The number of anilines is 1. The van der Waals surface area contributed by atoms with Crippen molar-refractivity contribution in [1.29, 1.82) is 0 Å². The van der Waals surface area contributed by atoms with Gasteiger partial charge in [0.25, 0.3) is 15.0 Å². The molecule has 0 bridgehead atoms. The molecule has 2 N–H and O–H groups in total. The molecule has 3 rings (SSSR count). The van der Waals surface area contributed by atoms with Crippen LogP contribution in [0.25, 0.3) is 5.65 Å². The number of fused-ring (bicyclic) bond motifs is 1. The molecule has 0 aliphatic rings. The molecule has 0 amide bonds. The molecule has 3 aromatic rings. The molecule has 8 nitrogen and oxygen atoms in total. The number of nitrogens with zero attached hydrogens (tertiary/aromatic N) is 5. The van der Waals surface area contributed by atoms with Gasteiger partial charge in [0.15, 0.2) is 10.7 Å². The topological polar surface area (TPSA) is 116 Å². The number of hydrogen-bond donors (Lipinski definition) is 1. The zero-order chi connectivity index (χ0) is 13.5. The summed E-state index contributed by atoms with van der Waals surface area (Å²) in [7, 11) is -3.88. The highest BCUT2D eigenvalue weighted by atomic mass is 32.2. The first-order valence-electron chi connectivity index (χ1n) is 5.23. The van der Waals surface area contributed by atoms with E-state index in [-0.39, 0.29) is 16.0 Å². The normalized spacial score (nSPS) is 11.8. The molecule has 0 aromatic carbocycles. The first kappa shape index (κ1) is 11.5. The Morgan fingerprint density at radius 3 is 2.58 bits per heavy atom. The predicted octanol–water partition coefficient (Wildman–Crippen LogP) is -0.0657. The molecule has 9 heteroatoms. The summed E-state index contributed by atoms with van der Waals surface area (Å²) in [6.45, 7) is 0. The maximum absolute atomic E-state index is 12.4. The van der Waals surface area contributed by atoms with Gasteiger partial charge in [-0.3, -0.25) is 4.40 Å². The Balaban J connectivity index is 2.22. The Bertz CT molecular complexity index is 840. The van der Waals surface area contributed by atoms with Crippen molar-refractivity contribution in [2.24, 2.45) is 0 Å². The fourth-order valence-corrected chi connectivity index (χ4v) is 2.71. The zero-order valence-corrected chi connectivity index (χ0v) is 10.3. The van der Waals surface area contributed by atoms with Gasteiger partial charge in [-0.05, 0) is 24.3 Å². The molecule has 19 heavy (non-hydrogen) atoms. The van der Waals surface area contributed by atoms with Crippen LogP contribution in [0.2, 0.25) is 0 Å². The van der Waals surface area contributed by atoms with Crippen LogP contribution in [0.15, 0.2) is 46.7 Å². The summed E-state index contributed by atoms with van der Waals surface area (Å²) in [5, 5.41) is 14.1. The van der Waals surface area contributed by atoms with Crippen LogP contribution in [-0.4, -0.2) is 33.2 Å². The number of pyridine rings is 1. The molecule has 96 valence electrons. The van der Waals surface area contributed by atoms with Gasteiger partial charge in [-0.15, -0.1) is 20.4 Å². The largest absolute Gasteiger partial charge is 0.382 e. The first-order chi connectivity index (χ1) is 9.09. The van der Waals surface area contributed by atoms with Crippen LogP contribution < -0.4 is 5.73 Å². The van der Waals surface area contributed by atoms with Crippen molar-refractivity contribution < 1.29 is 8.42 Å². The van der Waals surface area contributed by atoms with Gasteiger partial charge in [0.2, 0.25) is 0 Å². The summed E-state index contributed by atoms with van der Waals surface area (Å²) in [6.07, 6.45) is 1.56. The van der Waals surface area contributed by atoms with E-state index < -0.39 is 9.84 Å². The maximum atomic E-state index is 12.4. The summed E-state index contributed by atoms with van der Waals surface area (Å²) in [4.78, 5) is 0. The molecular formula is C10H8N6O2S. The Hall–Kier alpha value is -2.55. The summed E-state index contributed by atoms with van der Waals surface area (Å²) < 4.78 is 26.1. The highest BCUT2D eigenvalue weighted by molar-refractivity contribution is 7.91. The van der Waals surface area contributed by atoms with E-state index in [4.69, 9.17) is 5.73 Å². The average Bonchev–Trinajstić information content (AvgIpc) is 2.83. The Morgan fingerprint density at radius 2 is 1.84 bits per heavy atom. The number of rotatable bonds is 2. The van der Waals surface area contributed by atoms with Gasteiger partial charge in [0, 0.05) is 6.20 Å². The molecule has 0 atom stereocenters. The molecular weight excluding hydrogens is 268 g/mol.